The number of benzene rings is 1. The molecule has 1 aromatic rings. The summed E-state index contributed by atoms with van der Waals surface area (Å²) in [5.41, 5.74) is 5.51. The predicted molar refractivity (Wildman–Crippen MR) is 103 cm³/mol. The van der Waals surface area contributed by atoms with E-state index in [1.54, 1.807) is 17.0 Å². The molecule has 0 spiro atoms. The average Bonchev–Trinajstić information content (AvgIpc) is 2.60. The number of hydrogen-bond acceptors (Lipinski definition) is 5. The van der Waals surface area contributed by atoms with Gasteiger partial charge in [0, 0.05) is 24.0 Å². The number of halogens is 1. The van der Waals surface area contributed by atoms with E-state index in [2.05, 4.69) is 0 Å². The van der Waals surface area contributed by atoms with Gasteiger partial charge >= 0.3 is 0 Å². The van der Waals surface area contributed by atoms with Gasteiger partial charge in [0.25, 0.3) is 0 Å². The Labute approximate surface area is 164 Å². The molecule has 1 heterocycles. The van der Waals surface area contributed by atoms with Gasteiger partial charge in [0.05, 0.1) is 19.1 Å². The Morgan fingerprint density at radius 1 is 1.33 bits per heavy atom. The number of primary amides is 1. The summed E-state index contributed by atoms with van der Waals surface area (Å²) < 4.78 is 31.2. The van der Waals surface area contributed by atoms with Crippen molar-refractivity contribution >= 4 is 39.1 Å². The summed E-state index contributed by atoms with van der Waals surface area (Å²) in [6, 6.07) is 3.57. The van der Waals surface area contributed by atoms with Crippen LogP contribution >= 0.6 is 11.6 Å². The summed E-state index contributed by atoms with van der Waals surface area (Å²) in [6.45, 7) is 2.21. The van der Waals surface area contributed by atoms with Crippen molar-refractivity contribution < 1.29 is 22.7 Å². The first-order valence-corrected chi connectivity index (χ1v) is 10.7. The molecule has 0 aromatic heterocycles. The van der Waals surface area contributed by atoms with E-state index in [0.717, 1.165) is 10.6 Å². The Morgan fingerprint density at radius 3 is 2.41 bits per heavy atom. The van der Waals surface area contributed by atoms with Gasteiger partial charge in [0.15, 0.2) is 0 Å². The molecule has 0 saturated carbocycles. The number of nitrogens with zero attached hydrogens (tertiary/aromatic N) is 2. The van der Waals surface area contributed by atoms with Gasteiger partial charge in [-0.1, -0.05) is 11.6 Å². The quantitative estimate of drug-likeness (QED) is 0.748. The zero-order chi connectivity index (χ0) is 20.4. The number of rotatable bonds is 6. The van der Waals surface area contributed by atoms with Crippen LogP contribution in [0.15, 0.2) is 18.2 Å². The van der Waals surface area contributed by atoms with Crippen molar-refractivity contribution in [3.63, 3.8) is 0 Å². The zero-order valence-corrected chi connectivity index (χ0v) is 17.1. The molecule has 0 bridgehead atoms. The van der Waals surface area contributed by atoms with E-state index in [4.69, 9.17) is 22.1 Å². The summed E-state index contributed by atoms with van der Waals surface area (Å²) in [5, 5.41) is 0.321. The van der Waals surface area contributed by atoms with Gasteiger partial charge in [-0.15, -0.1) is 0 Å². The molecule has 1 aliphatic heterocycles. The summed E-state index contributed by atoms with van der Waals surface area (Å²) in [6.07, 6.45) is 1.96. The second-order valence-electron chi connectivity index (χ2n) is 6.55. The third-order valence-corrected chi connectivity index (χ3v) is 6.12. The molecule has 0 unspecified atom stereocenters. The first-order valence-electron chi connectivity index (χ1n) is 8.47. The van der Waals surface area contributed by atoms with E-state index in [9.17, 15) is 18.0 Å². The van der Waals surface area contributed by atoms with E-state index in [1.165, 1.54) is 20.1 Å². The van der Waals surface area contributed by atoms with Crippen LogP contribution in [-0.2, 0) is 19.6 Å². The maximum Gasteiger partial charge on any atom is 0.246 e. The molecule has 1 fully saturated rings. The van der Waals surface area contributed by atoms with Crippen molar-refractivity contribution in [1.29, 1.82) is 0 Å². The molecular formula is C17H24ClN3O5S. The molecule has 0 aliphatic carbocycles. The minimum atomic E-state index is -3.80. The molecule has 2 amide bonds. The maximum atomic E-state index is 13.0. The first kappa shape index (κ1) is 21.3. The fourth-order valence-electron chi connectivity index (χ4n) is 3.26. The number of carbonyl (C=O) groups is 2. The van der Waals surface area contributed by atoms with Crippen molar-refractivity contribution in [2.75, 3.05) is 30.8 Å². The van der Waals surface area contributed by atoms with Crippen molar-refractivity contribution in [1.82, 2.24) is 4.90 Å². The summed E-state index contributed by atoms with van der Waals surface area (Å²) in [4.78, 5) is 25.8. The van der Waals surface area contributed by atoms with Gasteiger partial charge in [-0.3, -0.25) is 13.9 Å². The van der Waals surface area contributed by atoms with Crippen molar-refractivity contribution in [2.24, 2.45) is 11.7 Å². The monoisotopic (exact) mass is 417 g/mol. The number of nitrogens with two attached hydrogens (primary N) is 1. The number of likely N-dealkylation sites (tertiary alicyclic amines) is 1. The number of ether oxygens (including phenoxy) is 1. The Bertz CT molecular complexity index is 822. The van der Waals surface area contributed by atoms with Crippen LogP contribution in [0, 0.1) is 5.92 Å². The second kappa shape index (κ2) is 8.35. The van der Waals surface area contributed by atoms with Gasteiger partial charge in [-0.05, 0) is 38.0 Å². The van der Waals surface area contributed by atoms with Crippen LogP contribution in [0.5, 0.6) is 5.75 Å². The summed E-state index contributed by atoms with van der Waals surface area (Å²) >= 11 is 6.03. The van der Waals surface area contributed by atoms with E-state index in [0.29, 0.717) is 31.0 Å². The molecule has 150 valence electrons. The lowest BCUT2D eigenvalue weighted by Crippen LogP contribution is -2.52. The lowest BCUT2D eigenvalue weighted by Gasteiger charge is -2.36. The lowest BCUT2D eigenvalue weighted by molar-refractivity contribution is -0.135. The van der Waals surface area contributed by atoms with Crippen LogP contribution in [0.4, 0.5) is 5.69 Å². The van der Waals surface area contributed by atoms with E-state index >= 15 is 0 Å². The maximum absolute atomic E-state index is 13.0. The highest BCUT2D eigenvalue weighted by atomic mass is 35.5. The van der Waals surface area contributed by atoms with Gasteiger partial charge in [-0.2, -0.15) is 0 Å². The highest BCUT2D eigenvalue weighted by molar-refractivity contribution is 7.92. The molecule has 2 rings (SSSR count). The molecule has 27 heavy (non-hydrogen) atoms. The number of carbonyl (C=O) groups excluding carboxylic acids is 2. The van der Waals surface area contributed by atoms with Crippen LogP contribution in [0.1, 0.15) is 19.8 Å². The lowest BCUT2D eigenvalue weighted by atomic mass is 9.96. The van der Waals surface area contributed by atoms with Crippen LogP contribution in [0.25, 0.3) is 0 Å². The standard InChI is InChI=1S/C17H24ClN3O5S/c1-11(17(23)20-8-6-12(7-9-20)16(19)22)21(27(3,24)25)14-10-13(18)4-5-15(14)26-2/h4-5,10-12H,6-9H2,1-3H3,(H2,19,22)/t11-/m0/s1. The molecule has 8 nitrogen and oxygen atoms in total. The third kappa shape index (κ3) is 4.84. The molecule has 0 radical (unpaired) electrons. The topological polar surface area (TPSA) is 110 Å². The largest absolute Gasteiger partial charge is 0.495 e. The van der Waals surface area contributed by atoms with Crippen molar-refractivity contribution in [2.45, 2.75) is 25.8 Å². The van der Waals surface area contributed by atoms with Gasteiger partial charge in [-0.25, -0.2) is 8.42 Å². The second-order valence-corrected chi connectivity index (χ2v) is 8.85. The van der Waals surface area contributed by atoms with E-state index < -0.39 is 16.1 Å². The molecule has 2 N–H and O–H groups in total. The molecule has 10 heteroatoms. The fourth-order valence-corrected chi connectivity index (χ4v) is 4.59. The molecule has 1 aromatic carbocycles. The van der Waals surface area contributed by atoms with Crippen LogP contribution in [0.3, 0.4) is 0 Å². The number of piperidine rings is 1. The first-order chi connectivity index (χ1) is 12.6. The SMILES string of the molecule is COc1ccc(Cl)cc1N([C@@H](C)C(=O)N1CCC(C(N)=O)CC1)S(C)(=O)=O. The predicted octanol–water partition coefficient (Wildman–Crippen LogP) is 1.23. The molecule has 1 aliphatic rings. The number of hydrogen-bond donors (Lipinski definition) is 1. The highest BCUT2D eigenvalue weighted by Crippen LogP contribution is 2.34. The molecular weight excluding hydrogens is 394 g/mol. The van der Waals surface area contributed by atoms with Gasteiger partial charge < -0.3 is 15.4 Å². The highest BCUT2D eigenvalue weighted by Gasteiger charge is 2.35. The zero-order valence-electron chi connectivity index (χ0n) is 15.5. The van der Waals surface area contributed by atoms with Gasteiger partial charge in [0.2, 0.25) is 21.8 Å². The number of methoxy groups -OCH3 is 1. The fraction of sp³-hybridized carbons (Fsp3) is 0.529. The number of sulfonamides is 1. The molecule has 1 atom stereocenters. The minimum Gasteiger partial charge on any atom is -0.495 e. The Balaban J connectivity index is 2.32. The average molecular weight is 418 g/mol. The molecule has 1 saturated heterocycles. The normalized spacial score (nSPS) is 16.7. The van der Waals surface area contributed by atoms with Gasteiger partial charge in [0.1, 0.15) is 11.8 Å². The Morgan fingerprint density at radius 2 is 1.93 bits per heavy atom. The van der Waals surface area contributed by atoms with E-state index in [-0.39, 0.29) is 29.2 Å². The Kier molecular flexibility index (Phi) is 6.59. The van der Waals surface area contributed by atoms with Crippen LogP contribution in [0.2, 0.25) is 5.02 Å². The minimum absolute atomic E-state index is 0.195. The third-order valence-electron chi connectivity index (χ3n) is 4.65. The Hall–Kier alpha value is -2.00. The number of amides is 2. The summed E-state index contributed by atoms with van der Waals surface area (Å²) in [7, 11) is -2.39. The smallest absolute Gasteiger partial charge is 0.246 e. The van der Waals surface area contributed by atoms with Crippen molar-refractivity contribution in [3.8, 4) is 5.75 Å². The van der Waals surface area contributed by atoms with Crippen LogP contribution in [-0.4, -0.2) is 57.6 Å². The van der Waals surface area contributed by atoms with Crippen molar-refractivity contribution in [3.05, 3.63) is 23.2 Å². The number of anilines is 1. The van der Waals surface area contributed by atoms with E-state index in [1.807, 2.05) is 0 Å². The van der Waals surface area contributed by atoms with Crippen LogP contribution < -0.4 is 14.8 Å². The summed E-state index contributed by atoms with van der Waals surface area (Å²) in [5.74, 6) is -0.706.